The van der Waals surface area contributed by atoms with Crippen LogP contribution in [0.1, 0.15) is 47.1 Å². The molecule has 6 atom stereocenters. The Balaban J connectivity index is 1.51. The van der Waals surface area contributed by atoms with Gasteiger partial charge in [-0.05, 0) is 5.56 Å². The fraction of sp³-hybridized carbons (Fsp3) is 0.652. The average molecular weight is 430 g/mol. The second-order valence-corrected chi connectivity index (χ2v) is 15.7. The van der Waals surface area contributed by atoms with Gasteiger partial charge in [0.05, 0.1) is 18.2 Å². The zero-order valence-corrected chi connectivity index (χ0v) is 19.5. The zero-order valence-electron chi connectivity index (χ0n) is 18.5. The highest BCUT2D eigenvalue weighted by molar-refractivity contribution is 6.73. The zero-order chi connectivity index (χ0) is 21.5. The molecule has 1 aromatic carbocycles. The molecular formula is C23H31NO5Si. The van der Waals surface area contributed by atoms with Crippen LogP contribution in [0.15, 0.2) is 35.3 Å². The van der Waals surface area contributed by atoms with E-state index in [1.807, 2.05) is 30.3 Å². The van der Waals surface area contributed by atoms with Crippen LogP contribution in [-0.4, -0.2) is 51.4 Å². The van der Waals surface area contributed by atoms with Gasteiger partial charge in [0.25, 0.3) is 0 Å². The Morgan fingerprint density at radius 2 is 1.67 bits per heavy atom. The van der Waals surface area contributed by atoms with E-state index in [-0.39, 0.29) is 40.3 Å². The lowest BCUT2D eigenvalue weighted by molar-refractivity contribution is -0.214. The van der Waals surface area contributed by atoms with Gasteiger partial charge in [-0.25, -0.2) is 0 Å². The normalized spacial score (nSPS) is 37.3. The molecule has 0 radical (unpaired) electrons. The van der Waals surface area contributed by atoms with Gasteiger partial charge in [0.2, 0.25) is 0 Å². The van der Waals surface area contributed by atoms with Crippen molar-refractivity contribution in [2.75, 3.05) is 6.61 Å². The van der Waals surface area contributed by atoms with E-state index in [4.69, 9.17) is 23.3 Å². The lowest BCUT2D eigenvalue weighted by Crippen LogP contribution is -2.69. The number of hydrogen-bond acceptors (Lipinski definition) is 6. The third-order valence-electron chi connectivity index (χ3n) is 6.96. The molecule has 30 heavy (non-hydrogen) atoms. The minimum Gasteiger partial charge on any atom is -0.459 e. The van der Waals surface area contributed by atoms with Crippen LogP contribution in [0, 0.1) is 11.8 Å². The molecule has 1 unspecified atom stereocenters. The van der Waals surface area contributed by atoms with Crippen LogP contribution < -0.4 is 0 Å². The first-order chi connectivity index (χ1) is 14.0. The maximum Gasteiger partial charge on any atom is 0.349 e. The van der Waals surface area contributed by atoms with Gasteiger partial charge in [0.15, 0.2) is 6.23 Å². The van der Waals surface area contributed by atoms with Crippen molar-refractivity contribution in [2.24, 2.45) is 16.8 Å². The van der Waals surface area contributed by atoms with E-state index in [1.165, 1.54) is 0 Å². The summed E-state index contributed by atoms with van der Waals surface area (Å²) >= 11 is 0. The molecule has 3 saturated heterocycles. The van der Waals surface area contributed by atoms with Gasteiger partial charge in [-0.1, -0.05) is 71.9 Å². The van der Waals surface area contributed by atoms with Crippen molar-refractivity contribution in [1.82, 2.24) is 0 Å². The molecule has 0 bridgehead atoms. The first kappa shape index (κ1) is 20.4. The van der Waals surface area contributed by atoms with E-state index in [2.05, 4.69) is 41.5 Å². The van der Waals surface area contributed by atoms with E-state index < -0.39 is 20.7 Å². The van der Waals surface area contributed by atoms with Crippen molar-refractivity contribution >= 4 is 20.2 Å². The molecule has 0 spiro atoms. The molecule has 5 rings (SSSR count). The minimum absolute atomic E-state index is 0.140. The highest BCUT2D eigenvalue weighted by atomic mass is 28.4. The Bertz CT molecular complexity index is 873. The second-order valence-electron chi connectivity index (χ2n) is 10.9. The summed E-state index contributed by atoms with van der Waals surface area (Å²) in [4.78, 5) is 17.8. The van der Waals surface area contributed by atoms with Crippen molar-refractivity contribution in [1.29, 1.82) is 0 Å². The van der Waals surface area contributed by atoms with Crippen LogP contribution in [0.3, 0.4) is 0 Å². The Kier molecular flexibility index (Phi) is 4.40. The quantitative estimate of drug-likeness (QED) is 0.501. The third-order valence-corrected chi connectivity index (χ3v) is 12.1. The number of aliphatic imine (C=N–C) groups is 1. The molecule has 7 heteroatoms. The molecule has 1 aromatic rings. The highest BCUT2D eigenvalue weighted by Gasteiger charge is 2.68. The van der Waals surface area contributed by atoms with Crippen LogP contribution in [0.4, 0.5) is 0 Å². The molecule has 0 amide bonds. The third kappa shape index (κ3) is 2.72. The Morgan fingerprint density at radius 1 is 1.00 bits per heavy atom. The Morgan fingerprint density at radius 3 is 2.30 bits per heavy atom. The first-order valence-electron chi connectivity index (χ1n) is 10.8. The summed E-state index contributed by atoms with van der Waals surface area (Å²) in [7, 11) is -2.69. The lowest BCUT2D eigenvalue weighted by atomic mass is 9.82. The van der Waals surface area contributed by atoms with Gasteiger partial charge in [0.1, 0.15) is 24.2 Å². The molecule has 0 aromatic heterocycles. The van der Waals surface area contributed by atoms with E-state index >= 15 is 0 Å². The summed E-state index contributed by atoms with van der Waals surface area (Å²) in [5.41, 5.74) is 1.72. The maximum atomic E-state index is 13.0. The van der Waals surface area contributed by atoms with E-state index in [0.29, 0.717) is 6.61 Å². The predicted octanol–water partition coefficient (Wildman–Crippen LogP) is 3.83. The Labute approximate surface area is 179 Å². The van der Waals surface area contributed by atoms with Crippen molar-refractivity contribution in [3.05, 3.63) is 35.9 Å². The molecule has 4 aliphatic rings. The van der Waals surface area contributed by atoms with Crippen LogP contribution in [0.2, 0.25) is 10.1 Å². The molecule has 0 saturated carbocycles. The average Bonchev–Trinajstić information content (AvgIpc) is 3.22. The SMILES string of the molecule is CC(C)(C)[Si]1(C(C)(C)C)OC[C@H]2O[C@H]3N=C(c4ccccc4)C4C(=O)O[C@@H]([C@@H]2O1)[C@H]43. The molecule has 4 heterocycles. The number of ether oxygens (including phenoxy) is 2. The smallest absolute Gasteiger partial charge is 0.349 e. The molecule has 6 nitrogen and oxygen atoms in total. The van der Waals surface area contributed by atoms with Gasteiger partial charge in [-0.3, -0.25) is 9.79 Å². The van der Waals surface area contributed by atoms with Gasteiger partial charge in [-0.2, -0.15) is 0 Å². The molecular weight excluding hydrogens is 398 g/mol. The number of rotatable bonds is 1. The van der Waals surface area contributed by atoms with Crippen LogP contribution in [-0.2, 0) is 23.1 Å². The number of carbonyl (C=O) groups excluding carboxylic acids is 1. The van der Waals surface area contributed by atoms with Gasteiger partial charge in [-0.15, -0.1) is 0 Å². The second kappa shape index (κ2) is 6.48. The number of carbonyl (C=O) groups is 1. The largest absolute Gasteiger partial charge is 0.459 e. The van der Waals surface area contributed by atoms with Gasteiger partial charge in [0, 0.05) is 10.1 Å². The fourth-order valence-electron chi connectivity index (χ4n) is 5.91. The predicted molar refractivity (Wildman–Crippen MR) is 115 cm³/mol. The van der Waals surface area contributed by atoms with E-state index in [9.17, 15) is 4.79 Å². The van der Waals surface area contributed by atoms with Crippen LogP contribution in [0.5, 0.6) is 0 Å². The molecule has 0 N–H and O–H groups in total. The maximum absolute atomic E-state index is 13.0. The summed E-state index contributed by atoms with van der Waals surface area (Å²) in [6.07, 6.45) is -1.35. The summed E-state index contributed by atoms with van der Waals surface area (Å²) in [5.74, 6) is -0.748. The van der Waals surface area contributed by atoms with Crippen molar-refractivity contribution in [3.8, 4) is 0 Å². The molecule has 4 aliphatic heterocycles. The Hall–Kier alpha value is -1.54. The van der Waals surface area contributed by atoms with Crippen LogP contribution >= 0.6 is 0 Å². The molecule has 162 valence electrons. The van der Waals surface area contributed by atoms with Crippen molar-refractivity contribution in [2.45, 2.75) is 76.2 Å². The number of esters is 1. The molecule has 0 aliphatic carbocycles. The van der Waals surface area contributed by atoms with Gasteiger partial charge >= 0.3 is 14.5 Å². The lowest BCUT2D eigenvalue weighted by Gasteiger charge is -2.56. The standard InChI is InChI=1S/C23H31NO5Si/c1-22(2,3)30(23(4,5)6)26-12-14-18(29-30)19-16-15(21(25)28-19)17(24-20(16)27-14)13-10-8-7-9-11-13/h7-11,14-16,18-20H,12H2,1-6H3/t14-,15?,16+,18-,19-,20-/m1/s1. The number of fused-ring (bicyclic) bond motifs is 2. The first-order valence-corrected chi connectivity index (χ1v) is 12.7. The summed E-state index contributed by atoms with van der Waals surface area (Å²) in [5, 5.41) is -0.285. The fourth-order valence-corrected chi connectivity index (χ4v) is 10.9. The number of hydrogen-bond donors (Lipinski definition) is 0. The van der Waals surface area contributed by atoms with E-state index in [1.54, 1.807) is 0 Å². The monoisotopic (exact) mass is 429 g/mol. The summed E-state index contributed by atoms with van der Waals surface area (Å²) in [6, 6.07) is 9.85. The van der Waals surface area contributed by atoms with Crippen molar-refractivity contribution in [3.63, 3.8) is 0 Å². The van der Waals surface area contributed by atoms with E-state index in [0.717, 1.165) is 11.3 Å². The minimum atomic E-state index is -2.69. The van der Waals surface area contributed by atoms with Crippen LogP contribution in [0.25, 0.3) is 0 Å². The highest BCUT2D eigenvalue weighted by Crippen LogP contribution is 2.57. The molecule has 3 fully saturated rings. The summed E-state index contributed by atoms with van der Waals surface area (Å²) in [6.45, 7) is 13.6. The summed E-state index contributed by atoms with van der Waals surface area (Å²) < 4.78 is 25.8. The van der Waals surface area contributed by atoms with Gasteiger partial charge < -0.3 is 18.3 Å². The number of benzene rings is 1. The van der Waals surface area contributed by atoms with Crippen molar-refractivity contribution < 1.29 is 23.1 Å². The topological polar surface area (TPSA) is 66.4 Å². The number of nitrogens with zero attached hydrogens (tertiary/aromatic N) is 1.